The molecule has 2 aromatic heterocycles. The molecule has 1 saturated heterocycles. The molecule has 4 rings (SSSR count). The van der Waals surface area contributed by atoms with E-state index in [0.717, 1.165) is 43.3 Å². The van der Waals surface area contributed by atoms with Crippen molar-refractivity contribution >= 4 is 17.4 Å². The zero-order chi connectivity index (χ0) is 18.8. The van der Waals surface area contributed by atoms with Crippen LogP contribution in [0.2, 0.25) is 5.02 Å². The summed E-state index contributed by atoms with van der Waals surface area (Å²) in [5.41, 5.74) is 2.67. The molecule has 27 heavy (non-hydrogen) atoms. The second kappa shape index (κ2) is 7.62. The predicted molar refractivity (Wildman–Crippen MR) is 103 cm³/mol. The fraction of sp³-hybridized carbons (Fsp3) is 0.316. The van der Waals surface area contributed by atoms with E-state index in [2.05, 4.69) is 36.9 Å². The molecule has 1 unspecified atom stereocenters. The molecule has 140 valence electrons. The third-order valence-electron chi connectivity index (χ3n) is 5.04. The van der Waals surface area contributed by atoms with Crippen LogP contribution in [-0.2, 0) is 0 Å². The first-order chi connectivity index (χ1) is 13.1. The maximum atomic E-state index is 13.5. The molecule has 1 aromatic carbocycles. The van der Waals surface area contributed by atoms with Gasteiger partial charge in [-0.2, -0.15) is 5.10 Å². The SMILES string of the molecule is CC(c1cn[nH]c1)N1CCN(c2nccnc2-c2ccc(F)c(Cl)c2)CC1. The van der Waals surface area contributed by atoms with Gasteiger partial charge in [-0.05, 0) is 25.1 Å². The second-order valence-electron chi connectivity index (χ2n) is 6.59. The van der Waals surface area contributed by atoms with Crippen LogP contribution in [0.25, 0.3) is 11.3 Å². The summed E-state index contributed by atoms with van der Waals surface area (Å²) in [6.45, 7) is 5.68. The van der Waals surface area contributed by atoms with E-state index in [1.807, 2.05) is 12.4 Å². The Kier molecular flexibility index (Phi) is 5.05. The van der Waals surface area contributed by atoms with Gasteiger partial charge in [0.15, 0.2) is 5.82 Å². The quantitative estimate of drug-likeness (QED) is 0.743. The molecular weight excluding hydrogens is 367 g/mol. The largest absolute Gasteiger partial charge is 0.352 e. The lowest BCUT2D eigenvalue weighted by Gasteiger charge is -2.38. The van der Waals surface area contributed by atoms with E-state index in [0.29, 0.717) is 6.04 Å². The number of aromatic nitrogens is 4. The average Bonchev–Trinajstić information content (AvgIpc) is 3.24. The minimum absolute atomic E-state index is 0.0860. The van der Waals surface area contributed by atoms with E-state index in [1.165, 1.54) is 11.6 Å². The summed E-state index contributed by atoms with van der Waals surface area (Å²) in [6, 6.07) is 4.96. The number of H-pyrrole nitrogens is 1. The monoisotopic (exact) mass is 386 g/mol. The number of rotatable bonds is 4. The summed E-state index contributed by atoms with van der Waals surface area (Å²) in [7, 11) is 0. The van der Waals surface area contributed by atoms with E-state index in [-0.39, 0.29) is 5.02 Å². The predicted octanol–water partition coefficient (Wildman–Crippen LogP) is 3.54. The number of nitrogens with one attached hydrogen (secondary N) is 1. The number of piperazine rings is 1. The summed E-state index contributed by atoms with van der Waals surface area (Å²) in [5, 5.41) is 7.00. The van der Waals surface area contributed by atoms with Gasteiger partial charge in [0, 0.05) is 61.9 Å². The van der Waals surface area contributed by atoms with Crippen LogP contribution < -0.4 is 4.90 Å². The first-order valence-electron chi connectivity index (χ1n) is 8.87. The van der Waals surface area contributed by atoms with Gasteiger partial charge in [-0.1, -0.05) is 11.6 Å². The summed E-state index contributed by atoms with van der Waals surface area (Å²) in [4.78, 5) is 13.7. The highest BCUT2D eigenvalue weighted by Crippen LogP contribution is 2.31. The van der Waals surface area contributed by atoms with E-state index in [4.69, 9.17) is 11.6 Å². The maximum absolute atomic E-state index is 13.5. The average molecular weight is 387 g/mol. The van der Waals surface area contributed by atoms with Crippen LogP contribution in [0.5, 0.6) is 0 Å². The van der Waals surface area contributed by atoms with Crippen molar-refractivity contribution in [3.8, 4) is 11.3 Å². The van der Waals surface area contributed by atoms with Gasteiger partial charge in [-0.3, -0.25) is 15.0 Å². The summed E-state index contributed by atoms with van der Waals surface area (Å²) in [5.74, 6) is 0.364. The molecule has 0 spiro atoms. The normalized spacial score (nSPS) is 16.5. The third-order valence-corrected chi connectivity index (χ3v) is 5.32. The smallest absolute Gasteiger partial charge is 0.155 e. The van der Waals surface area contributed by atoms with Crippen LogP contribution in [0, 0.1) is 5.82 Å². The van der Waals surface area contributed by atoms with Crippen molar-refractivity contribution in [3.05, 3.63) is 59.4 Å². The molecule has 3 aromatic rings. The van der Waals surface area contributed by atoms with Gasteiger partial charge in [0.25, 0.3) is 0 Å². The van der Waals surface area contributed by atoms with Crippen LogP contribution >= 0.6 is 11.6 Å². The van der Waals surface area contributed by atoms with Crippen molar-refractivity contribution in [2.45, 2.75) is 13.0 Å². The Morgan fingerprint density at radius 2 is 1.93 bits per heavy atom. The Balaban J connectivity index is 1.53. The van der Waals surface area contributed by atoms with Crippen molar-refractivity contribution in [1.29, 1.82) is 0 Å². The Bertz CT molecular complexity index is 908. The van der Waals surface area contributed by atoms with Gasteiger partial charge in [-0.15, -0.1) is 0 Å². The fourth-order valence-electron chi connectivity index (χ4n) is 3.43. The van der Waals surface area contributed by atoms with E-state index in [1.54, 1.807) is 24.5 Å². The minimum Gasteiger partial charge on any atom is -0.352 e. The lowest BCUT2D eigenvalue weighted by atomic mass is 10.1. The highest BCUT2D eigenvalue weighted by molar-refractivity contribution is 6.31. The van der Waals surface area contributed by atoms with Gasteiger partial charge in [0.2, 0.25) is 0 Å². The summed E-state index contributed by atoms with van der Waals surface area (Å²) >= 11 is 5.95. The van der Waals surface area contributed by atoms with Crippen LogP contribution in [0.15, 0.2) is 43.0 Å². The lowest BCUT2D eigenvalue weighted by molar-refractivity contribution is 0.198. The Morgan fingerprint density at radius 1 is 1.15 bits per heavy atom. The van der Waals surface area contributed by atoms with Crippen LogP contribution in [0.1, 0.15) is 18.5 Å². The molecule has 0 amide bonds. The fourth-order valence-corrected chi connectivity index (χ4v) is 3.61. The number of nitrogens with zero attached hydrogens (tertiary/aromatic N) is 5. The first kappa shape index (κ1) is 17.9. The number of halogens is 2. The molecule has 0 aliphatic carbocycles. The van der Waals surface area contributed by atoms with E-state index < -0.39 is 5.82 Å². The highest BCUT2D eigenvalue weighted by atomic mass is 35.5. The topological polar surface area (TPSA) is 60.9 Å². The van der Waals surface area contributed by atoms with E-state index >= 15 is 0 Å². The van der Waals surface area contributed by atoms with Gasteiger partial charge in [-0.25, -0.2) is 9.37 Å². The first-order valence-corrected chi connectivity index (χ1v) is 9.25. The van der Waals surface area contributed by atoms with Gasteiger partial charge >= 0.3 is 0 Å². The Morgan fingerprint density at radius 3 is 2.63 bits per heavy atom. The van der Waals surface area contributed by atoms with Gasteiger partial charge < -0.3 is 4.90 Å². The highest BCUT2D eigenvalue weighted by Gasteiger charge is 2.25. The molecule has 1 aliphatic heterocycles. The molecule has 1 N–H and O–H groups in total. The number of anilines is 1. The Hall–Kier alpha value is -2.51. The molecule has 0 bridgehead atoms. The molecule has 0 radical (unpaired) electrons. The Labute approximate surface area is 162 Å². The van der Waals surface area contributed by atoms with Crippen molar-refractivity contribution in [1.82, 2.24) is 25.1 Å². The van der Waals surface area contributed by atoms with Gasteiger partial charge in [0.1, 0.15) is 11.5 Å². The molecule has 3 heterocycles. The van der Waals surface area contributed by atoms with Crippen LogP contribution in [0.4, 0.5) is 10.2 Å². The molecular formula is C19H20ClFN6. The van der Waals surface area contributed by atoms with Crippen molar-refractivity contribution < 1.29 is 4.39 Å². The van der Waals surface area contributed by atoms with Crippen LogP contribution in [0.3, 0.4) is 0 Å². The summed E-state index contributed by atoms with van der Waals surface area (Å²) in [6.07, 6.45) is 7.14. The maximum Gasteiger partial charge on any atom is 0.155 e. The number of aromatic amines is 1. The number of hydrogen-bond acceptors (Lipinski definition) is 5. The molecule has 0 saturated carbocycles. The van der Waals surface area contributed by atoms with Crippen molar-refractivity contribution in [2.24, 2.45) is 0 Å². The van der Waals surface area contributed by atoms with E-state index in [9.17, 15) is 4.39 Å². The zero-order valence-corrected chi connectivity index (χ0v) is 15.7. The molecule has 1 fully saturated rings. The molecule has 8 heteroatoms. The molecule has 1 aliphatic rings. The second-order valence-corrected chi connectivity index (χ2v) is 7.00. The standard InChI is InChI=1S/C19H20ClFN6/c1-13(15-11-24-25-12-15)26-6-8-27(9-7-26)19-18(22-4-5-23-19)14-2-3-17(21)16(20)10-14/h2-5,10-13H,6-9H2,1H3,(H,24,25). The van der Waals surface area contributed by atoms with Crippen molar-refractivity contribution in [2.75, 3.05) is 31.1 Å². The number of hydrogen-bond donors (Lipinski definition) is 1. The minimum atomic E-state index is -0.437. The third kappa shape index (κ3) is 3.65. The number of benzene rings is 1. The van der Waals surface area contributed by atoms with Gasteiger partial charge in [0.05, 0.1) is 11.2 Å². The van der Waals surface area contributed by atoms with Crippen LogP contribution in [-0.4, -0.2) is 51.2 Å². The van der Waals surface area contributed by atoms with Crippen molar-refractivity contribution in [3.63, 3.8) is 0 Å². The summed E-state index contributed by atoms with van der Waals surface area (Å²) < 4.78 is 13.5. The molecule has 1 atom stereocenters. The zero-order valence-electron chi connectivity index (χ0n) is 14.9. The lowest BCUT2D eigenvalue weighted by Crippen LogP contribution is -2.47. The molecule has 6 nitrogen and oxygen atoms in total.